The van der Waals surface area contributed by atoms with Gasteiger partial charge in [0.05, 0.1) is 28.7 Å². The van der Waals surface area contributed by atoms with E-state index in [1.54, 1.807) is 24.5 Å². The molecule has 6 heteroatoms. The second kappa shape index (κ2) is 7.44. The molecule has 2 N–H and O–H groups in total. The molecule has 0 aliphatic carbocycles. The number of hydrogen-bond donors (Lipinski definition) is 2. The number of nitrogens with zero attached hydrogens (tertiary/aromatic N) is 2. The van der Waals surface area contributed by atoms with Gasteiger partial charge in [0, 0.05) is 31.1 Å². The Bertz CT molecular complexity index is 875. The number of rotatable bonds is 6. The van der Waals surface area contributed by atoms with Gasteiger partial charge in [0.25, 0.3) is 5.91 Å². The molecule has 0 radical (unpaired) electrons. The zero-order valence-corrected chi connectivity index (χ0v) is 14.3. The van der Waals surface area contributed by atoms with Crippen LogP contribution in [0.5, 0.6) is 0 Å². The molecule has 6 nitrogen and oxygen atoms in total. The number of carbonyl (C=O) groups is 1. The van der Waals surface area contributed by atoms with E-state index in [0.717, 1.165) is 22.7 Å². The second-order valence-corrected chi connectivity index (χ2v) is 6.14. The van der Waals surface area contributed by atoms with Crippen molar-refractivity contribution in [3.8, 4) is 0 Å². The van der Waals surface area contributed by atoms with E-state index in [0.29, 0.717) is 24.0 Å². The minimum absolute atomic E-state index is 0.0252. The molecule has 0 bridgehead atoms. The lowest BCUT2D eigenvalue weighted by Crippen LogP contribution is -2.31. The van der Waals surface area contributed by atoms with E-state index >= 15 is 0 Å². The van der Waals surface area contributed by atoms with E-state index in [4.69, 9.17) is 4.42 Å². The van der Waals surface area contributed by atoms with Crippen LogP contribution in [0, 0.1) is 19.8 Å². The molecule has 0 saturated carbocycles. The maximum atomic E-state index is 12.4. The third-order valence-corrected chi connectivity index (χ3v) is 4.22. The molecular formula is C19H21N3O3. The van der Waals surface area contributed by atoms with Crippen molar-refractivity contribution >= 4 is 16.9 Å². The molecule has 1 atom stereocenters. The van der Waals surface area contributed by atoms with Crippen molar-refractivity contribution in [3.05, 3.63) is 59.3 Å². The molecule has 1 aromatic carbocycles. The Morgan fingerprint density at radius 3 is 2.64 bits per heavy atom. The number of aryl methyl sites for hydroxylation is 2. The van der Waals surface area contributed by atoms with Crippen LogP contribution >= 0.6 is 0 Å². The van der Waals surface area contributed by atoms with Gasteiger partial charge >= 0.3 is 0 Å². The molecular weight excluding hydrogens is 318 g/mol. The predicted octanol–water partition coefficient (Wildman–Crippen LogP) is 2.42. The van der Waals surface area contributed by atoms with Gasteiger partial charge in [0.15, 0.2) is 0 Å². The lowest BCUT2D eigenvalue weighted by molar-refractivity contribution is 0.0939. The lowest BCUT2D eigenvalue weighted by Gasteiger charge is -2.14. The molecule has 0 spiro atoms. The fraction of sp³-hybridized carbons (Fsp3) is 0.316. The van der Waals surface area contributed by atoms with Crippen LogP contribution in [0.4, 0.5) is 0 Å². The van der Waals surface area contributed by atoms with Crippen molar-refractivity contribution in [1.29, 1.82) is 0 Å². The van der Waals surface area contributed by atoms with E-state index in [2.05, 4.69) is 15.3 Å². The quantitative estimate of drug-likeness (QED) is 0.720. The van der Waals surface area contributed by atoms with Crippen molar-refractivity contribution in [2.24, 2.45) is 5.92 Å². The molecule has 0 aliphatic heterocycles. The van der Waals surface area contributed by atoms with E-state index in [1.807, 2.05) is 26.0 Å². The molecule has 2 heterocycles. The summed E-state index contributed by atoms with van der Waals surface area (Å²) in [5.74, 6) is 0.500. The monoisotopic (exact) mass is 339 g/mol. The number of carbonyl (C=O) groups excluding carboxylic acids is 1. The first-order valence-corrected chi connectivity index (χ1v) is 8.23. The predicted molar refractivity (Wildman–Crippen MR) is 94.3 cm³/mol. The summed E-state index contributed by atoms with van der Waals surface area (Å²) < 4.78 is 5.29. The van der Waals surface area contributed by atoms with E-state index < -0.39 is 0 Å². The number of aliphatic hydroxyl groups excluding tert-OH is 1. The first-order valence-electron chi connectivity index (χ1n) is 8.23. The summed E-state index contributed by atoms with van der Waals surface area (Å²) >= 11 is 0. The fourth-order valence-electron chi connectivity index (χ4n) is 2.63. The van der Waals surface area contributed by atoms with Gasteiger partial charge < -0.3 is 14.8 Å². The van der Waals surface area contributed by atoms with Gasteiger partial charge in [-0.25, -0.2) is 9.97 Å². The first kappa shape index (κ1) is 17.1. The Morgan fingerprint density at radius 2 is 1.96 bits per heavy atom. The van der Waals surface area contributed by atoms with Gasteiger partial charge in [-0.3, -0.25) is 4.79 Å². The molecule has 3 aromatic rings. The number of aliphatic hydroxyl groups is 1. The van der Waals surface area contributed by atoms with Gasteiger partial charge in [-0.05, 0) is 44.2 Å². The third kappa shape index (κ3) is 4.03. The van der Waals surface area contributed by atoms with Crippen LogP contribution in [0.3, 0.4) is 0 Å². The van der Waals surface area contributed by atoms with Gasteiger partial charge in [-0.15, -0.1) is 0 Å². The average molecular weight is 339 g/mol. The number of amides is 1. The highest BCUT2D eigenvalue weighted by atomic mass is 16.3. The zero-order valence-electron chi connectivity index (χ0n) is 14.3. The van der Waals surface area contributed by atoms with Crippen molar-refractivity contribution in [2.45, 2.75) is 20.3 Å². The van der Waals surface area contributed by atoms with Crippen LogP contribution in [0.25, 0.3) is 11.0 Å². The molecule has 0 fully saturated rings. The number of nitrogens with one attached hydrogen (secondary N) is 1. The van der Waals surface area contributed by atoms with Crippen LogP contribution in [-0.4, -0.2) is 34.1 Å². The van der Waals surface area contributed by atoms with Crippen molar-refractivity contribution < 1.29 is 14.3 Å². The molecule has 3 rings (SSSR count). The van der Waals surface area contributed by atoms with E-state index in [1.165, 1.54) is 0 Å². The summed E-state index contributed by atoms with van der Waals surface area (Å²) in [4.78, 5) is 21.4. The smallest absolute Gasteiger partial charge is 0.251 e. The number of fused-ring (bicyclic) bond motifs is 1. The summed E-state index contributed by atoms with van der Waals surface area (Å²) in [6.45, 7) is 4.15. The topological polar surface area (TPSA) is 88.2 Å². The van der Waals surface area contributed by atoms with Crippen LogP contribution in [0.15, 0.2) is 41.0 Å². The van der Waals surface area contributed by atoms with E-state index in [-0.39, 0.29) is 18.4 Å². The van der Waals surface area contributed by atoms with Gasteiger partial charge in [0.2, 0.25) is 0 Å². The Balaban J connectivity index is 1.68. The van der Waals surface area contributed by atoms with Gasteiger partial charge in [0.1, 0.15) is 5.76 Å². The minimum atomic E-state index is -0.195. The standard InChI is InChI=1S/C19H21N3O3/c1-12-13(2)22-18-9-15(5-6-17(18)21-12)19(24)20-10-14(11-23)8-16-4-3-7-25-16/h3-7,9,14,23H,8,10-11H2,1-2H3,(H,20,24)/t14-/m0/s1. The number of furan rings is 1. The van der Waals surface area contributed by atoms with Crippen molar-refractivity contribution in [3.63, 3.8) is 0 Å². The largest absolute Gasteiger partial charge is 0.469 e. The average Bonchev–Trinajstić information content (AvgIpc) is 3.12. The van der Waals surface area contributed by atoms with Crippen molar-refractivity contribution in [2.75, 3.05) is 13.2 Å². The first-order chi connectivity index (χ1) is 12.1. The SMILES string of the molecule is Cc1nc2ccc(C(=O)NC[C@@H](CO)Cc3ccco3)cc2nc1C. The van der Waals surface area contributed by atoms with Gasteiger partial charge in [-0.1, -0.05) is 0 Å². The molecule has 0 saturated heterocycles. The summed E-state index contributed by atoms with van der Waals surface area (Å²) in [6.07, 6.45) is 2.17. The minimum Gasteiger partial charge on any atom is -0.469 e. The summed E-state index contributed by atoms with van der Waals surface area (Å²) in [7, 11) is 0. The van der Waals surface area contributed by atoms with Crippen LogP contribution in [0.2, 0.25) is 0 Å². The Kier molecular flexibility index (Phi) is 5.09. The van der Waals surface area contributed by atoms with E-state index in [9.17, 15) is 9.90 Å². The summed E-state index contributed by atoms with van der Waals surface area (Å²) in [5, 5.41) is 12.4. The molecule has 25 heavy (non-hydrogen) atoms. The molecule has 2 aromatic heterocycles. The summed E-state index contributed by atoms with van der Waals surface area (Å²) in [6, 6.07) is 8.95. The highest BCUT2D eigenvalue weighted by Crippen LogP contribution is 2.15. The molecule has 130 valence electrons. The molecule has 0 unspecified atom stereocenters. The van der Waals surface area contributed by atoms with Crippen molar-refractivity contribution in [1.82, 2.24) is 15.3 Å². The van der Waals surface area contributed by atoms with Crippen LogP contribution in [-0.2, 0) is 6.42 Å². The normalized spacial score (nSPS) is 12.3. The molecule has 1 amide bonds. The highest BCUT2D eigenvalue weighted by Gasteiger charge is 2.14. The lowest BCUT2D eigenvalue weighted by atomic mass is 10.0. The highest BCUT2D eigenvalue weighted by molar-refractivity contribution is 5.97. The Hall–Kier alpha value is -2.73. The number of benzene rings is 1. The fourth-order valence-corrected chi connectivity index (χ4v) is 2.63. The second-order valence-electron chi connectivity index (χ2n) is 6.14. The Morgan fingerprint density at radius 1 is 1.20 bits per heavy atom. The zero-order chi connectivity index (χ0) is 17.8. The van der Waals surface area contributed by atoms with Crippen LogP contribution in [0.1, 0.15) is 27.5 Å². The van der Waals surface area contributed by atoms with Crippen LogP contribution < -0.4 is 5.32 Å². The maximum absolute atomic E-state index is 12.4. The number of hydrogen-bond acceptors (Lipinski definition) is 5. The maximum Gasteiger partial charge on any atom is 0.251 e. The van der Waals surface area contributed by atoms with Gasteiger partial charge in [-0.2, -0.15) is 0 Å². The molecule has 0 aliphatic rings. The Labute approximate surface area is 145 Å². The summed E-state index contributed by atoms with van der Waals surface area (Å²) in [5.41, 5.74) is 3.73. The number of aromatic nitrogens is 2. The third-order valence-electron chi connectivity index (χ3n) is 4.22.